The van der Waals surface area contributed by atoms with E-state index in [1.54, 1.807) is 6.07 Å². The third-order valence-electron chi connectivity index (χ3n) is 3.35. The van der Waals surface area contributed by atoms with Gasteiger partial charge in [0.15, 0.2) is 0 Å². The van der Waals surface area contributed by atoms with E-state index in [4.69, 9.17) is 0 Å². The van der Waals surface area contributed by atoms with Crippen LogP contribution in [0.5, 0.6) is 0 Å². The van der Waals surface area contributed by atoms with Crippen molar-refractivity contribution in [2.24, 2.45) is 5.92 Å². The third-order valence-corrected chi connectivity index (χ3v) is 3.35. The van der Waals surface area contributed by atoms with Crippen LogP contribution in [0, 0.1) is 11.7 Å². The molecule has 1 fully saturated rings. The van der Waals surface area contributed by atoms with Crippen molar-refractivity contribution in [3.63, 3.8) is 0 Å². The van der Waals surface area contributed by atoms with Crippen LogP contribution < -0.4 is 5.32 Å². The molecule has 1 aliphatic carbocycles. The Kier molecular flexibility index (Phi) is 2.50. The van der Waals surface area contributed by atoms with Gasteiger partial charge < -0.3 is 10.3 Å². The second kappa shape index (κ2) is 4.02. The number of hydrogen-bond donors (Lipinski definition) is 2. The number of aromatic amines is 1. The second-order valence-electron chi connectivity index (χ2n) is 4.78. The molecule has 90 valence electrons. The Morgan fingerprint density at radius 2 is 2.41 bits per heavy atom. The Hall–Kier alpha value is -1.58. The molecule has 1 heterocycles. The minimum Gasteiger partial charge on any atom is -0.353 e. The first kappa shape index (κ1) is 10.6. The number of fused-ring (bicyclic) bond motifs is 1. The molecule has 1 saturated carbocycles. The Morgan fingerprint density at radius 1 is 1.53 bits per heavy atom. The van der Waals surface area contributed by atoms with Gasteiger partial charge in [0.05, 0.1) is 11.0 Å². The van der Waals surface area contributed by atoms with E-state index in [-0.39, 0.29) is 5.82 Å². The molecule has 0 saturated heterocycles. The number of anilines is 1. The minimum absolute atomic E-state index is 0.233. The van der Waals surface area contributed by atoms with E-state index in [9.17, 15) is 4.39 Å². The van der Waals surface area contributed by atoms with Crippen LogP contribution >= 0.6 is 0 Å². The van der Waals surface area contributed by atoms with Crippen LogP contribution in [0.4, 0.5) is 10.3 Å². The number of imidazole rings is 1. The zero-order valence-electron chi connectivity index (χ0n) is 9.83. The largest absolute Gasteiger partial charge is 0.353 e. The van der Waals surface area contributed by atoms with Gasteiger partial charge >= 0.3 is 0 Å². The Bertz CT molecular complexity index is 534. The number of benzene rings is 1. The first-order valence-electron chi connectivity index (χ1n) is 6.18. The highest BCUT2D eigenvalue weighted by Gasteiger charge is 2.36. The minimum atomic E-state index is -0.233. The molecule has 0 spiro atoms. The van der Waals surface area contributed by atoms with Gasteiger partial charge in [0, 0.05) is 6.04 Å². The fourth-order valence-corrected chi connectivity index (χ4v) is 2.34. The van der Waals surface area contributed by atoms with Gasteiger partial charge in [-0.25, -0.2) is 9.37 Å². The van der Waals surface area contributed by atoms with Gasteiger partial charge in [-0.05, 0) is 37.0 Å². The van der Waals surface area contributed by atoms with Crippen molar-refractivity contribution in [3.8, 4) is 0 Å². The summed E-state index contributed by atoms with van der Waals surface area (Å²) in [6, 6.07) is 5.15. The molecule has 0 radical (unpaired) electrons. The van der Waals surface area contributed by atoms with Crippen LogP contribution in [0.15, 0.2) is 18.2 Å². The number of hydrogen-bond acceptors (Lipinski definition) is 2. The first-order chi connectivity index (χ1) is 8.26. The molecule has 1 aromatic heterocycles. The normalized spacial score (nSPS) is 22.9. The third kappa shape index (κ3) is 2.12. The molecule has 17 heavy (non-hydrogen) atoms. The highest BCUT2D eigenvalue weighted by molar-refractivity contribution is 5.77. The Morgan fingerprint density at radius 3 is 3.24 bits per heavy atom. The summed E-state index contributed by atoms with van der Waals surface area (Å²) in [5.74, 6) is 1.31. The van der Waals surface area contributed by atoms with Gasteiger partial charge in [0.25, 0.3) is 0 Å². The molecular weight excluding hydrogens is 217 g/mol. The van der Waals surface area contributed by atoms with Crippen LogP contribution in [0.3, 0.4) is 0 Å². The summed E-state index contributed by atoms with van der Waals surface area (Å²) in [7, 11) is 0. The van der Waals surface area contributed by atoms with Crippen LogP contribution in [-0.4, -0.2) is 16.0 Å². The average Bonchev–Trinajstić information content (AvgIpc) is 2.88. The van der Waals surface area contributed by atoms with Gasteiger partial charge in [-0.15, -0.1) is 0 Å². The van der Waals surface area contributed by atoms with Crippen LogP contribution in [0.25, 0.3) is 11.0 Å². The topological polar surface area (TPSA) is 40.7 Å². The lowest BCUT2D eigenvalue weighted by Crippen LogP contribution is -2.05. The van der Waals surface area contributed by atoms with E-state index < -0.39 is 0 Å². The van der Waals surface area contributed by atoms with E-state index >= 15 is 0 Å². The maximum atomic E-state index is 13.0. The van der Waals surface area contributed by atoms with Crippen molar-refractivity contribution in [1.29, 1.82) is 0 Å². The van der Waals surface area contributed by atoms with Crippen molar-refractivity contribution < 1.29 is 4.39 Å². The van der Waals surface area contributed by atoms with Crippen molar-refractivity contribution in [2.75, 3.05) is 5.32 Å². The fourth-order valence-electron chi connectivity index (χ4n) is 2.34. The number of halogens is 1. The molecule has 0 bridgehead atoms. The van der Waals surface area contributed by atoms with E-state index in [1.165, 1.54) is 31.4 Å². The van der Waals surface area contributed by atoms with E-state index in [0.717, 1.165) is 22.9 Å². The average molecular weight is 233 g/mol. The number of aromatic nitrogens is 2. The lowest BCUT2D eigenvalue weighted by Gasteiger charge is -2.00. The summed E-state index contributed by atoms with van der Waals surface area (Å²) in [4.78, 5) is 7.50. The van der Waals surface area contributed by atoms with E-state index in [0.29, 0.717) is 6.04 Å². The van der Waals surface area contributed by atoms with Crippen LogP contribution in [0.2, 0.25) is 0 Å². The van der Waals surface area contributed by atoms with Gasteiger partial charge in [-0.3, -0.25) is 0 Å². The molecule has 2 unspecified atom stereocenters. The van der Waals surface area contributed by atoms with Crippen LogP contribution in [0.1, 0.15) is 26.2 Å². The van der Waals surface area contributed by atoms with Gasteiger partial charge in [-0.2, -0.15) is 0 Å². The van der Waals surface area contributed by atoms with Crippen molar-refractivity contribution in [1.82, 2.24) is 9.97 Å². The molecule has 2 aromatic rings. The van der Waals surface area contributed by atoms with Gasteiger partial charge in [0.1, 0.15) is 5.82 Å². The highest BCUT2D eigenvalue weighted by Crippen LogP contribution is 2.36. The van der Waals surface area contributed by atoms with Crippen molar-refractivity contribution >= 4 is 17.0 Å². The zero-order valence-corrected chi connectivity index (χ0v) is 9.83. The lowest BCUT2D eigenvalue weighted by molar-refractivity contribution is 0.629. The monoisotopic (exact) mass is 233 g/mol. The summed E-state index contributed by atoms with van der Waals surface area (Å²) in [5.41, 5.74) is 1.56. The summed E-state index contributed by atoms with van der Waals surface area (Å²) in [6.45, 7) is 2.21. The zero-order chi connectivity index (χ0) is 11.8. The molecular formula is C13H16FN3. The summed E-state index contributed by atoms with van der Waals surface area (Å²) in [5, 5.41) is 3.37. The molecule has 2 atom stereocenters. The number of H-pyrrole nitrogens is 1. The molecule has 1 aliphatic rings. The predicted molar refractivity (Wildman–Crippen MR) is 66.5 cm³/mol. The number of nitrogens with zero attached hydrogens (tertiary/aromatic N) is 1. The summed E-state index contributed by atoms with van der Waals surface area (Å²) >= 11 is 0. The molecule has 0 aliphatic heterocycles. The maximum Gasteiger partial charge on any atom is 0.201 e. The SMILES string of the molecule is CCCC1CC1Nc1nc2ccc(F)cc2[nH]1. The predicted octanol–water partition coefficient (Wildman–Crippen LogP) is 3.30. The Balaban J connectivity index is 1.74. The second-order valence-corrected chi connectivity index (χ2v) is 4.78. The quantitative estimate of drug-likeness (QED) is 0.850. The Labute approximate surface area is 99.4 Å². The molecule has 3 rings (SSSR count). The lowest BCUT2D eigenvalue weighted by atomic mass is 10.2. The van der Waals surface area contributed by atoms with E-state index in [2.05, 4.69) is 22.2 Å². The summed E-state index contributed by atoms with van der Waals surface area (Å²) in [6.07, 6.45) is 3.72. The maximum absolute atomic E-state index is 13.0. The van der Waals surface area contributed by atoms with Gasteiger partial charge in [0.2, 0.25) is 5.95 Å². The summed E-state index contributed by atoms with van der Waals surface area (Å²) < 4.78 is 13.0. The van der Waals surface area contributed by atoms with E-state index in [1.807, 2.05) is 0 Å². The van der Waals surface area contributed by atoms with Crippen molar-refractivity contribution in [2.45, 2.75) is 32.2 Å². The molecule has 1 aromatic carbocycles. The number of rotatable bonds is 4. The van der Waals surface area contributed by atoms with Crippen LogP contribution in [-0.2, 0) is 0 Å². The molecule has 3 nitrogen and oxygen atoms in total. The highest BCUT2D eigenvalue weighted by atomic mass is 19.1. The standard InChI is InChI=1S/C13H16FN3/c1-2-3-8-6-11(8)16-13-15-10-5-4-9(14)7-12(10)17-13/h4-5,7-8,11H,2-3,6H2,1H3,(H2,15,16,17). The molecule has 4 heteroatoms. The van der Waals surface area contributed by atoms with Gasteiger partial charge in [-0.1, -0.05) is 13.3 Å². The number of nitrogens with one attached hydrogen (secondary N) is 2. The first-order valence-corrected chi connectivity index (χ1v) is 6.18. The smallest absolute Gasteiger partial charge is 0.201 e. The molecule has 2 N–H and O–H groups in total. The fraction of sp³-hybridized carbons (Fsp3) is 0.462. The molecule has 0 amide bonds. The van der Waals surface area contributed by atoms with Crippen molar-refractivity contribution in [3.05, 3.63) is 24.0 Å².